The van der Waals surface area contributed by atoms with Crippen LogP contribution in [0.15, 0.2) is 38.0 Å². The molecule has 2 aromatic heterocycles. The Bertz CT molecular complexity index is 502. The van der Waals surface area contributed by atoms with Gasteiger partial charge >= 0.3 is 0 Å². The molecule has 6 heteroatoms. The number of pyridine rings is 1. The Balaban J connectivity index is 2.08. The van der Waals surface area contributed by atoms with Crippen LogP contribution in [0.1, 0.15) is 23.7 Å². The summed E-state index contributed by atoms with van der Waals surface area (Å²) in [6, 6.07) is 4.17. The van der Waals surface area contributed by atoms with Gasteiger partial charge in [-0.05, 0) is 73.2 Å². The predicted octanol–water partition coefficient (Wildman–Crippen LogP) is 3.81. The third-order valence-corrected chi connectivity index (χ3v) is 4.47. The molecule has 0 radical (unpaired) electrons. The molecule has 1 unspecified atom stereocenters. The summed E-state index contributed by atoms with van der Waals surface area (Å²) >= 11 is 8.63. The van der Waals surface area contributed by atoms with E-state index in [9.17, 15) is 0 Å². The molecule has 0 aliphatic rings. The topological polar surface area (TPSA) is 50.9 Å². The molecule has 2 heterocycles. The van der Waals surface area contributed by atoms with Crippen molar-refractivity contribution in [2.45, 2.75) is 18.9 Å². The van der Waals surface area contributed by atoms with Crippen molar-refractivity contribution in [3.05, 3.63) is 49.3 Å². The Morgan fingerprint density at radius 3 is 2.89 bits per heavy atom. The molecular weight excluding hydrogens is 378 g/mol. The molecule has 0 aromatic carbocycles. The molecule has 96 valence electrons. The minimum atomic E-state index is 0.0485. The van der Waals surface area contributed by atoms with E-state index in [0.717, 1.165) is 27.5 Å². The Morgan fingerprint density at radius 2 is 2.28 bits per heavy atom. The number of rotatable bonds is 5. The van der Waals surface area contributed by atoms with Gasteiger partial charge in [-0.2, -0.15) is 11.3 Å². The molecule has 0 fully saturated rings. The van der Waals surface area contributed by atoms with Crippen LogP contribution in [-0.2, 0) is 6.42 Å². The number of nitrogens with zero attached hydrogens (tertiary/aromatic N) is 1. The van der Waals surface area contributed by atoms with Crippen molar-refractivity contribution in [3.8, 4) is 0 Å². The predicted molar refractivity (Wildman–Crippen MR) is 82.3 cm³/mol. The van der Waals surface area contributed by atoms with Crippen LogP contribution >= 0.6 is 43.2 Å². The Hall–Kier alpha value is -0.270. The van der Waals surface area contributed by atoms with Crippen molar-refractivity contribution in [1.29, 1.82) is 0 Å². The van der Waals surface area contributed by atoms with Gasteiger partial charge in [-0.25, -0.2) is 0 Å². The molecule has 2 rings (SSSR count). The van der Waals surface area contributed by atoms with Gasteiger partial charge in [0.25, 0.3) is 0 Å². The Labute approximate surface area is 127 Å². The molecule has 0 saturated carbocycles. The lowest BCUT2D eigenvalue weighted by atomic mass is 10.1. The summed E-state index contributed by atoms with van der Waals surface area (Å²) in [4.78, 5) is 4.42. The maximum Gasteiger partial charge on any atom is 0.0729 e. The summed E-state index contributed by atoms with van der Waals surface area (Å²) in [7, 11) is 0. The zero-order valence-electron chi connectivity index (χ0n) is 9.57. The zero-order chi connectivity index (χ0) is 13.0. The lowest BCUT2D eigenvalue weighted by Gasteiger charge is -2.16. The largest absolute Gasteiger partial charge is 0.271 e. The van der Waals surface area contributed by atoms with E-state index in [2.05, 4.69) is 59.1 Å². The summed E-state index contributed by atoms with van der Waals surface area (Å²) < 4.78 is 1.91. The first-order valence-corrected chi connectivity index (χ1v) is 8.01. The highest BCUT2D eigenvalue weighted by Crippen LogP contribution is 2.27. The van der Waals surface area contributed by atoms with Gasteiger partial charge in [0, 0.05) is 15.1 Å². The van der Waals surface area contributed by atoms with Crippen LogP contribution in [0.4, 0.5) is 0 Å². The van der Waals surface area contributed by atoms with Gasteiger partial charge in [0.15, 0.2) is 0 Å². The summed E-state index contributed by atoms with van der Waals surface area (Å²) in [6.07, 6.45) is 3.69. The maximum absolute atomic E-state index is 5.63. The molecule has 0 amide bonds. The monoisotopic (exact) mass is 389 g/mol. The van der Waals surface area contributed by atoms with Gasteiger partial charge in [0.05, 0.1) is 11.7 Å². The lowest BCUT2D eigenvalue weighted by Crippen LogP contribution is -2.29. The van der Waals surface area contributed by atoms with Gasteiger partial charge in [-0.3, -0.25) is 16.3 Å². The van der Waals surface area contributed by atoms with Crippen molar-refractivity contribution in [2.75, 3.05) is 0 Å². The highest BCUT2D eigenvalue weighted by atomic mass is 79.9. The van der Waals surface area contributed by atoms with Crippen LogP contribution in [0, 0.1) is 0 Å². The highest BCUT2D eigenvalue weighted by Gasteiger charge is 2.15. The van der Waals surface area contributed by atoms with Crippen molar-refractivity contribution in [1.82, 2.24) is 10.4 Å². The maximum atomic E-state index is 5.63. The number of hydrazine groups is 1. The molecule has 1 atom stereocenters. The van der Waals surface area contributed by atoms with E-state index in [1.807, 2.05) is 6.07 Å². The first-order valence-electron chi connectivity index (χ1n) is 5.49. The van der Waals surface area contributed by atoms with Crippen LogP contribution in [0.3, 0.4) is 0 Å². The van der Waals surface area contributed by atoms with Gasteiger partial charge < -0.3 is 0 Å². The van der Waals surface area contributed by atoms with Gasteiger partial charge in [0.2, 0.25) is 0 Å². The quantitative estimate of drug-likeness (QED) is 0.602. The van der Waals surface area contributed by atoms with E-state index in [1.165, 1.54) is 5.56 Å². The van der Waals surface area contributed by atoms with Crippen molar-refractivity contribution in [2.24, 2.45) is 5.84 Å². The number of halogens is 2. The minimum Gasteiger partial charge on any atom is -0.271 e. The number of aryl methyl sites for hydroxylation is 1. The second-order valence-electron chi connectivity index (χ2n) is 3.91. The highest BCUT2D eigenvalue weighted by molar-refractivity contribution is 9.11. The average molecular weight is 391 g/mol. The smallest absolute Gasteiger partial charge is 0.0729 e. The first kappa shape index (κ1) is 14.1. The van der Waals surface area contributed by atoms with Crippen LogP contribution < -0.4 is 11.3 Å². The first-order chi connectivity index (χ1) is 8.70. The van der Waals surface area contributed by atoms with E-state index in [-0.39, 0.29) is 6.04 Å². The second kappa shape index (κ2) is 6.77. The lowest BCUT2D eigenvalue weighted by molar-refractivity contribution is 0.502. The number of nitrogens with two attached hydrogens (primary N) is 1. The fourth-order valence-corrected chi connectivity index (χ4v) is 3.69. The van der Waals surface area contributed by atoms with Crippen molar-refractivity contribution < 1.29 is 0 Å². The molecular formula is C12H13Br2N3S. The van der Waals surface area contributed by atoms with E-state index >= 15 is 0 Å². The molecule has 0 aliphatic heterocycles. The second-order valence-corrected chi connectivity index (χ2v) is 6.46. The SMILES string of the molecule is NNC(CCc1ccsc1)c1ncc(Br)cc1Br. The summed E-state index contributed by atoms with van der Waals surface area (Å²) in [6.45, 7) is 0. The van der Waals surface area contributed by atoms with Gasteiger partial charge in [0.1, 0.15) is 0 Å². The standard InChI is InChI=1S/C12H13Br2N3S/c13-9-5-10(14)12(16-6-9)11(17-15)2-1-8-3-4-18-7-8/h3-7,11,17H,1-2,15H2. The third-order valence-electron chi connectivity index (χ3n) is 2.67. The van der Waals surface area contributed by atoms with Gasteiger partial charge in [-0.15, -0.1) is 0 Å². The molecule has 3 nitrogen and oxygen atoms in total. The fourth-order valence-electron chi connectivity index (χ4n) is 1.73. The number of nitrogens with one attached hydrogen (secondary N) is 1. The number of hydrogen-bond acceptors (Lipinski definition) is 4. The Morgan fingerprint density at radius 1 is 1.44 bits per heavy atom. The van der Waals surface area contributed by atoms with Crippen LogP contribution in [-0.4, -0.2) is 4.98 Å². The molecule has 0 spiro atoms. The van der Waals surface area contributed by atoms with Crippen LogP contribution in [0.25, 0.3) is 0 Å². The summed E-state index contributed by atoms with van der Waals surface area (Å²) in [5.41, 5.74) is 5.12. The molecule has 0 saturated heterocycles. The molecule has 3 N–H and O–H groups in total. The van der Waals surface area contributed by atoms with E-state index in [4.69, 9.17) is 5.84 Å². The molecule has 0 bridgehead atoms. The third kappa shape index (κ3) is 3.61. The fraction of sp³-hybridized carbons (Fsp3) is 0.250. The summed E-state index contributed by atoms with van der Waals surface area (Å²) in [5, 5.41) is 4.26. The van der Waals surface area contributed by atoms with E-state index < -0.39 is 0 Å². The number of hydrogen-bond donors (Lipinski definition) is 2. The van der Waals surface area contributed by atoms with Gasteiger partial charge in [-0.1, -0.05) is 0 Å². The molecule has 2 aromatic rings. The zero-order valence-corrected chi connectivity index (χ0v) is 13.6. The van der Waals surface area contributed by atoms with Crippen molar-refractivity contribution in [3.63, 3.8) is 0 Å². The van der Waals surface area contributed by atoms with Crippen LogP contribution in [0.2, 0.25) is 0 Å². The average Bonchev–Trinajstić information content (AvgIpc) is 2.85. The van der Waals surface area contributed by atoms with E-state index in [0.29, 0.717) is 0 Å². The minimum absolute atomic E-state index is 0.0485. The van der Waals surface area contributed by atoms with Crippen LogP contribution in [0.5, 0.6) is 0 Å². The Kier molecular flexibility index (Phi) is 5.32. The normalized spacial score (nSPS) is 12.6. The number of aromatic nitrogens is 1. The summed E-state index contributed by atoms with van der Waals surface area (Å²) in [5.74, 6) is 5.63. The number of thiophene rings is 1. The molecule has 0 aliphatic carbocycles. The van der Waals surface area contributed by atoms with E-state index in [1.54, 1.807) is 17.5 Å². The van der Waals surface area contributed by atoms with Crippen molar-refractivity contribution >= 4 is 43.2 Å². The molecule has 18 heavy (non-hydrogen) atoms.